The summed E-state index contributed by atoms with van der Waals surface area (Å²) in [5.41, 5.74) is 10.4. The molecule has 3 aliphatic rings. The number of hydrogen-bond acceptors (Lipinski definition) is 10. The first-order chi connectivity index (χ1) is 38.3. The number of hydrogen-bond donors (Lipinski definition) is 0. The quantitative estimate of drug-likeness (QED) is 0.121. The maximum atomic E-state index is 6.22. The molecular formula is C68H52N4O6. The van der Waals surface area contributed by atoms with E-state index in [1.54, 1.807) is 42.7 Å². The van der Waals surface area contributed by atoms with Gasteiger partial charge in [0.05, 0.1) is 65.5 Å². The second kappa shape index (κ2) is 19.1. The van der Waals surface area contributed by atoms with Gasteiger partial charge in [-0.1, -0.05) is 72.8 Å². The van der Waals surface area contributed by atoms with E-state index in [0.29, 0.717) is 22.8 Å². The molecule has 0 unspecified atom stereocenters. The second-order valence-electron chi connectivity index (χ2n) is 19.3. The summed E-state index contributed by atoms with van der Waals surface area (Å²) in [6.07, 6.45) is 0. The van der Waals surface area contributed by atoms with E-state index in [2.05, 4.69) is 84.9 Å². The van der Waals surface area contributed by atoms with Gasteiger partial charge in [0.2, 0.25) is 11.3 Å². The highest BCUT2D eigenvalue weighted by atomic mass is 16.5. The normalized spacial score (nSPS) is 14.5. The van der Waals surface area contributed by atoms with E-state index < -0.39 is 11.3 Å². The van der Waals surface area contributed by atoms with Crippen molar-refractivity contribution >= 4 is 44.4 Å². The van der Waals surface area contributed by atoms with E-state index in [-0.39, 0.29) is 0 Å². The molecule has 0 saturated carbocycles. The van der Waals surface area contributed by atoms with Gasteiger partial charge in [0.15, 0.2) is 0 Å². The summed E-state index contributed by atoms with van der Waals surface area (Å²) in [4.78, 5) is 24.9. The summed E-state index contributed by atoms with van der Waals surface area (Å²) in [5, 5.41) is 4.19. The number of benzene rings is 10. The van der Waals surface area contributed by atoms with Crippen molar-refractivity contribution in [3.63, 3.8) is 0 Å². The Hall–Kier alpha value is -9.80. The molecule has 380 valence electrons. The molecular weight excluding hydrogens is 969 g/mol. The molecule has 0 amide bonds. The standard InChI is InChI=1S/C68H52N4O6/c1-73-47-27-15-41(16-28-47)57-39-59-61(55-13-9-7-11-53(55)57)62-56-14-10-8-12-54(56)58(42-17-29-48(74-2)30-18-42)40-60(62)68(71-65(45-23-35-51(77-5)36-24-45)66(72-68)46-25-37-52(78-6)38-26-46)67(59)69-63(43-19-31-49(75-3)32-20-43)64(70-67)44-21-33-50(76-4)34-22-44/h7-40H,1-6H3. The molecule has 10 heteroatoms. The first kappa shape index (κ1) is 47.9. The van der Waals surface area contributed by atoms with Crippen LogP contribution in [0.1, 0.15) is 33.4 Å². The number of fused-ring (bicyclic) bond motifs is 10. The van der Waals surface area contributed by atoms with Gasteiger partial charge in [-0.3, -0.25) is 0 Å². The van der Waals surface area contributed by atoms with Gasteiger partial charge >= 0.3 is 0 Å². The van der Waals surface area contributed by atoms with Crippen LogP contribution in [0, 0.1) is 0 Å². The number of rotatable bonds is 12. The fourth-order valence-corrected chi connectivity index (χ4v) is 11.5. The number of methoxy groups -OCH3 is 6. The Kier molecular flexibility index (Phi) is 11.7. The van der Waals surface area contributed by atoms with Gasteiger partial charge in [0.1, 0.15) is 34.5 Å². The predicted molar refractivity (Wildman–Crippen MR) is 312 cm³/mol. The van der Waals surface area contributed by atoms with Crippen LogP contribution in [-0.2, 0) is 11.3 Å². The number of aliphatic imine (C=N–C) groups is 4. The zero-order valence-corrected chi connectivity index (χ0v) is 43.9. The lowest BCUT2D eigenvalue weighted by Crippen LogP contribution is -2.46. The topological polar surface area (TPSA) is 105 Å². The fraction of sp³-hybridized carbons (Fsp3) is 0.118. The highest BCUT2D eigenvalue weighted by Crippen LogP contribution is 2.64. The Morgan fingerprint density at radius 1 is 0.256 bits per heavy atom. The SMILES string of the molecule is COc1ccc(C2=NC3(N=C2c2ccc(OC)cc2)c2cc(-c4ccc(OC)cc4)c4ccccc4c2-c2c(cc(-c4ccc(OC)cc4)c4ccccc24)C32N=C(c3ccc(OC)cc3)C(c3ccc(OC)cc3)=N2)cc1. The molecule has 10 aromatic carbocycles. The Morgan fingerprint density at radius 2 is 0.474 bits per heavy atom. The van der Waals surface area contributed by atoms with Crippen LogP contribution in [0.15, 0.2) is 226 Å². The van der Waals surface area contributed by atoms with Crippen molar-refractivity contribution in [2.75, 3.05) is 42.7 Å². The first-order valence-electron chi connectivity index (χ1n) is 25.7. The molecule has 1 aliphatic carbocycles. The summed E-state index contributed by atoms with van der Waals surface area (Å²) >= 11 is 0. The molecule has 2 spiro atoms. The van der Waals surface area contributed by atoms with Crippen LogP contribution in [0.5, 0.6) is 34.5 Å². The van der Waals surface area contributed by atoms with E-state index in [9.17, 15) is 0 Å². The summed E-state index contributed by atoms with van der Waals surface area (Å²) < 4.78 is 34.4. The molecule has 0 radical (unpaired) electrons. The third kappa shape index (κ3) is 7.54. The monoisotopic (exact) mass is 1020 g/mol. The van der Waals surface area contributed by atoms with Gasteiger partial charge in [-0.25, -0.2) is 20.0 Å². The van der Waals surface area contributed by atoms with Gasteiger partial charge in [0, 0.05) is 33.4 Å². The summed E-state index contributed by atoms with van der Waals surface area (Å²) in [5.74, 6) is 4.39. The molecule has 2 aliphatic heterocycles. The second-order valence-corrected chi connectivity index (χ2v) is 19.3. The van der Waals surface area contributed by atoms with Crippen LogP contribution in [0.2, 0.25) is 0 Å². The zero-order valence-electron chi connectivity index (χ0n) is 43.9. The molecule has 0 bridgehead atoms. The van der Waals surface area contributed by atoms with Crippen LogP contribution in [0.4, 0.5) is 0 Å². The molecule has 0 fully saturated rings. The van der Waals surface area contributed by atoms with E-state index >= 15 is 0 Å². The first-order valence-corrected chi connectivity index (χ1v) is 25.7. The van der Waals surface area contributed by atoms with Gasteiger partial charge in [-0.2, -0.15) is 0 Å². The van der Waals surface area contributed by atoms with Crippen molar-refractivity contribution < 1.29 is 28.4 Å². The molecule has 0 N–H and O–H groups in total. The third-order valence-corrected chi connectivity index (χ3v) is 15.4. The van der Waals surface area contributed by atoms with Crippen molar-refractivity contribution in [3.05, 3.63) is 240 Å². The smallest absolute Gasteiger partial charge is 0.227 e. The van der Waals surface area contributed by atoms with Gasteiger partial charge in [-0.15, -0.1) is 0 Å². The van der Waals surface area contributed by atoms with Crippen molar-refractivity contribution in [3.8, 4) is 67.9 Å². The Morgan fingerprint density at radius 3 is 0.705 bits per heavy atom. The minimum atomic E-state index is -1.63. The van der Waals surface area contributed by atoms with Crippen LogP contribution in [0.3, 0.4) is 0 Å². The average molecular weight is 1020 g/mol. The minimum absolute atomic E-state index is 0.668. The zero-order chi connectivity index (χ0) is 53.1. The Balaban J connectivity index is 1.26. The third-order valence-electron chi connectivity index (χ3n) is 15.4. The molecule has 13 rings (SSSR count). The molecule has 10 aromatic rings. The fourth-order valence-electron chi connectivity index (χ4n) is 11.5. The Labute approximate surface area is 452 Å². The summed E-state index contributed by atoms with van der Waals surface area (Å²) in [6.45, 7) is 0. The number of nitrogens with zero attached hydrogens (tertiary/aromatic N) is 4. The maximum absolute atomic E-state index is 6.22. The highest BCUT2D eigenvalue weighted by molar-refractivity contribution is 6.56. The van der Waals surface area contributed by atoms with Gasteiger partial charge < -0.3 is 28.4 Å². The van der Waals surface area contributed by atoms with E-state index in [1.165, 1.54) is 0 Å². The van der Waals surface area contributed by atoms with Crippen molar-refractivity contribution in [1.82, 2.24) is 0 Å². The van der Waals surface area contributed by atoms with Gasteiger partial charge in [0.25, 0.3) is 0 Å². The number of ether oxygens (including phenoxy) is 6. The molecule has 10 nitrogen and oxygen atoms in total. The van der Waals surface area contributed by atoms with Crippen LogP contribution >= 0.6 is 0 Å². The average Bonchev–Trinajstić information content (AvgIpc) is 4.12. The lowest BCUT2D eigenvalue weighted by atomic mass is 9.67. The van der Waals surface area contributed by atoms with E-state index in [0.717, 1.165) is 123 Å². The summed E-state index contributed by atoms with van der Waals surface area (Å²) in [7, 11) is 10.1. The molecule has 0 aromatic heterocycles. The van der Waals surface area contributed by atoms with Crippen LogP contribution < -0.4 is 28.4 Å². The van der Waals surface area contributed by atoms with Crippen LogP contribution in [-0.4, -0.2) is 65.5 Å². The molecule has 0 saturated heterocycles. The van der Waals surface area contributed by atoms with Gasteiger partial charge in [-0.05, 0) is 188 Å². The Bertz CT molecular complexity index is 3710. The van der Waals surface area contributed by atoms with Crippen molar-refractivity contribution in [2.45, 2.75) is 11.3 Å². The lowest BCUT2D eigenvalue weighted by molar-refractivity contribution is 0.254. The lowest BCUT2D eigenvalue weighted by Gasteiger charge is -2.45. The maximum Gasteiger partial charge on any atom is 0.227 e. The largest absolute Gasteiger partial charge is 0.497 e. The molecule has 0 atom stereocenters. The predicted octanol–water partition coefficient (Wildman–Crippen LogP) is 14.3. The highest BCUT2D eigenvalue weighted by Gasteiger charge is 2.64. The van der Waals surface area contributed by atoms with Crippen LogP contribution in [0.25, 0.3) is 54.9 Å². The minimum Gasteiger partial charge on any atom is -0.497 e. The van der Waals surface area contributed by atoms with E-state index in [1.807, 2.05) is 121 Å². The van der Waals surface area contributed by atoms with Crippen molar-refractivity contribution in [2.24, 2.45) is 20.0 Å². The van der Waals surface area contributed by atoms with E-state index in [4.69, 9.17) is 48.4 Å². The van der Waals surface area contributed by atoms with Crippen molar-refractivity contribution in [1.29, 1.82) is 0 Å². The summed E-state index contributed by atoms with van der Waals surface area (Å²) in [6, 6.07) is 70.5. The molecule has 2 heterocycles. The molecule has 78 heavy (non-hydrogen) atoms.